The second-order valence-corrected chi connectivity index (χ2v) is 7.23. The molecular formula is C23H30N2O7. The number of phenols is 1. The van der Waals surface area contributed by atoms with Crippen LogP contribution < -0.4 is 9.47 Å². The van der Waals surface area contributed by atoms with Crippen molar-refractivity contribution in [2.75, 3.05) is 39.9 Å². The quantitative estimate of drug-likeness (QED) is 0.550. The molecule has 0 saturated carbocycles. The van der Waals surface area contributed by atoms with E-state index in [1.54, 1.807) is 19.2 Å². The van der Waals surface area contributed by atoms with Crippen molar-refractivity contribution in [2.24, 2.45) is 0 Å². The van der Waals surface area contributed by atoms with Gasteiger partial charge in [-0.15, -0.1) is 0 Å². The van der Waals surface area contributed by atoms with Crippen molar-refractivity contribution in [1.82, 2.24) is 9.80 Å². The number of nitrogens with zero attached hydrogens (tertiary/aromatic N) is 2. The number of carboxylic acids is 2. The molecule has 3 N–H and O–H groups in total. The van der Waals surface area contributed by atoms with E-state index < -0.39 is 11.9 Å². The number of ether oxygens (including phenoxy) is 2. The summed E-state index contributed by atoms with van der Waals surface area (Å²) in [6.07, 6.45) is 0. The predicted molar refractivity (Wildman–Crippen MR) is 118 cm³/mol. The number of methoxy groups -OCH3 is 1. The molecule has 0 bridgehead atoms. The van der Waals surface area contributed by atoms with Crippen molar-refractivity contribution >= 4 is 11.9 Å². The molecule has 9 heteroatoms. The summed E-state index contributed by atoms with van der Waals surface area (Å²) < 4.78 is 10.8. The molecule has 1 aliphatic rings. The molecule has 0 aromatic heterocycles. The monoisotopic (exact) mass is 446 g/mol. The maximum absolute atomic E-state index is 10.1. The number of carbonyl (C=O) groups is 2. The van der Waals surface area contributed by atoms with Gasteiger partial charge in [-0.05, 0) is 42.8 Å². The van der Waals surface area contributed by atoms with Gasteiger partial charge >= 0.3 is 11.9 Å². The molecule has 32 heavy (non-hydrogen) atoms. The van der Waals surface area contributed by atoms with Crippen LogP contribution in [0.5, 0.6) is 17.2 Å². The van der Waals surface area contributed by atoms with E-state index in [0.29, 0.717) is 12.4 Å². The number of rotatable bonds is 7. The Balaban J connectivity index is 0.000000534. The van der Waals surface area contributed by atoms with E-state index in [1.807, 2.05) is 25.1 Å². The highest BCUT2D eigenvalue weighted by Gasteiger charge is 2.18. The number of hydrogen-bond acceptors (Lipinski definition) is 7. The molecule has 1 heterocycles. The second-order valence-electron chi connectivity index (χ2n) is 7.23. The molecular weight excluding hydrogens is 416 g/mol. The van der Waals surface area contributed by atoms with Crippen LogP contribution in [0.2, 0.25) is 0 Å². The van der Waals surface area contributed by atoms with E-state index in [2.05, 4.69) is 21.9 Å². The zero-order chi connectivity index (χ0) is 23.5. The summed E-state index contributed by atoms with van der Waals surface area (Å²) in [4.78, 5) is 23.0. The van der Waals surface area contributed by atoms with Crippen LogP contribution in [0.4, 0.5) is 0 Å². The van der Waals surface area contributed by atoms with Gasteiger partial charge in [0.15, 0.2) is 0 Å². The van der Waals surface area contributed by atoms with E-state index in [1.165, 1.54) is 5.56 Å². The maximum atomic E-state index is 10.1. The van der Waals surface area contributed by atoms with E-state index >= 15 is 0 Å². The first-order valence-corrected chi connectivity index (χ1v) is 10.3. The summed E-state index contributed by atoms with van der Waals surface area (Å²) in [5.41, 5.74) is 2.23. The highest BCUT2D eigenvalue weighted by Crippen LogP contribution is 2.24. The Hall–Kier alpha value is -3.30. The smallest absolute Gasteiger partial charge is 0.414 e. The highest BCUT2D eigenvalue weighted by molar-refractivity contribution is 6.27. The second kappa shape index (κ2) is 12.5. The SMILES string of the molecule is CCOc1ccc(CN2CCN(Cc3cc(OC)ccc3O)CC2)cc1.O=C(O)C(=O)O. The van der Waals surface area contributed by atoms with Gasteiger partial charge in [-0.25, -0.2) is 9.59 Å². The lowest BCUT2D eigenvalue weighted by Crippen LogP contribution is -2.45. The third-order valence-electron chi connectivity index (χ3n) is 4.97. The highest BCUT2D eigenvalue weighted by atomic mass is 16.5. The lowest BCUT2D eigenvalue weighted by Gasteiger charge is -2.34. The van der Waals surface area contributed by atoms with E-state index in [9.17, 15) is 5.11 Å². The number of benzene rings is 2. The van der Waals surface area contributed by atoms with Gasteiger partial charge < -0.3 is 24.8 Å². The van der Waals surface area contributed by atoms with Crippen LogP contribution in [0.25, 0.3) is 0 Å². The number of aliphatic carboxylic acids is 2. The van der Waals surface area contributed by atoms with Crippen LogP contribution in [0.15, 0.2) is 42.5 Å². The van der Waals surface area contributed by atoms with Crippen molar-refractivity contribution in [1.29, 1.82) is 0 Å². The summed E-state index contributed by atoms with van der Waals surface area (Å²) in [5, 5.41) is 24.8. The summed E-state index contributed by atoms with van der Waals surface area (Å²) in [7, 11) is 1.65. The predicted octanol–water partition coefficient (Wildman–Crippen LogP) is 2.27. The third kappa shape index (κ3) is 8.09. The first-order chi connectivity index (χ1) is 15.3. The minimum Gasteiger partial charge on any atom is -0.508 e. The number of piperazine rings is 1. The Labute approximate surface area is 187 Å². The van der Waals surface area contributed by atoms with Gasteiger partial charge in [0.1, 0.15) is 17.2 Å². The van der Waals surface area contributed by atoms with Crippen LogP contribution in [-0.4, -0.2) is 77.0 Å². The first kappa shape index (κ1) is 25.0. The number of carboxylic acid groups (broad SMARTS) is 2. The Morgan fingerprint density at radius 3 is 1.91 bits per heavy atom. The van der Waals surface area contributed by atoms with Gasteiger partial charge in [0.2, 0.25) is 0 Å². The lowest BCUT2D eigenvalue weighted by atomic mass is 10.1. The van der Waals surface area contributed by atoms with E-state index in [0.717, 1.165) is 56.3 Å². The average Bonchev–Trinajstić information content (AvgIpc) is 2.78. The van der Waals surface area contributed by atoms with Gasteiger partial charge in [-0.1, -0.05) is 12.1 Å². The molecule has 174 valence electrons. The molecule has 0 spiro atoms. The number of aromatic hydroxyl groups is 1. The topological polar surface area (TPSA) is 120 Å². The van der Waals surface area contributed by atoms with Crippen molar-refractivity contribution in [2.45, 2.75) is 20.0 Å². The van der Waals surface area contributed by atoms with Crippen LogP contribution in [0.3, 0.4) is 0 Å². The molecule has 3 rings (SSSR count). The molecule has 0 atom stereocenters. The molecule has 0 unspecified atom stereocenters. The molecule has 0 radical (unpaired) electrons. The van der Waals surface area contributed by atoms with Crippen molar-refractivity contribution in [3.63, 3.8) is 0 Å². The average molecular weight is 447 g/mol. The summed E-state index contributed by atoms with van der Waals surface area (Å²) in [6, 6.07) is 13.8. The molecule has 9 nitrogen and oxygen atoms in total. The van der Waals surface area contributed by atoms with Crippen LogP contribution in [0, 0.1) is 0 Å². The Bertz CT molecular complexity index is 866. The zero-order valence-corrected chi connectivity index (χ0v) is 18.4. The largest absolute Gasteiger partial charge is 0.508 e. The van der Waals surface area contributed by atoms with E-state index in [4.69, 9.17) is 29.3 Å². The summed E-state index contributed by atoms with van der Waals surface area (Å²) in [5.74, 6) is -1.60. The molecule has 0 amide bonds. The van der Waals surface area contributed by atoms with Gasteiger partial charge in [0.05, 0.1) is 13.7 Å². The van der Waals surface area contributed by atoms with Gasteiger partial charge in [-0.3, -0.25) is 9.80 Å². The van der Waals surface area contributed by atoms with Gasteiger partial charge in [-0.2, -0.15) is 0 Å². The first-order valence-electron chi connectivity index (χ1n) is 10.3. The van der Waals surface area contributed by atoms with Crippen molar-refractivity contribution in [3.05, 3.63) is 53.6 Å². The fourth-order valence-electron chi connectivity index (χ4n) is 3.28. The Morgan fingerprint density at radius 2 is 1.41 bits per heavy atom. The Kier molecular flexibility index (Phi) is 9.77. The molecule has 1 aliphatic heterocycles. The maximum Gasteiger partial charge on any atom is 0.414 e. The minimum absolute atomic E-state index is 0.336. The minimum atomic E-state index is -1.82. The van der Waals surface area contributed by atoms with Crippen LogP contribution >= 0.6 is 0 Å². The van der Waals surface area contributed by atoms with Crippen molar-refractivity contribution in [3.8, 4) is 17.2 Å². The van der Waals surface area contributed by atoms with Crippen molar-refractivity contribution < 1.29 is 34.4 Å². The third-order valence-corrected chi connectivity index (χ3v) is 4.97. The Morgan fingerprint density at radius 1 is 0.875 bits per heavy atom. The molecule has 2 aromatic carbocycles. The van der Waals surface area contributed by atoms with Crippen LogP contribution in [0.1, 0.15) is 18.1 Å². The normalized spacial score (nSPS) is 14.2. The number of phenolic OH excluding ortho intramolecular Hbond substituents is 1. The fourth-order valence-corrected chi connectivity index (χ4v) is 3.28. The molecule has 1 fully saturated rings. The standard InChI is InChI=1S/C21H28N2O3.C2H2O4/c1-3-26-19-6-4-17(5-7-19)15-22-10-12-23(13-11-22)16-18-14-20(25-2)8-9-21(18)24;3-1(4)2(5)6/h4-9,14,24H,3,10-13,15-16H2,1-2H3;(H,3,4)(H,5,6). The summed E-state index contributed by atoms with van der Waals surface area (Å²) in [6.45, 7) is 8.45. The fraction of sp³-hybridized carbons (Fsp3) is 0.391. The van der Waals surface area contributed by atoms with Gasteiger partial charge in [0.25, 0.3) is 0 Å². The van der Waals surface area contributed by atoms with Gasteiger partial charge in [0, 0.05) is 44.8 Å². The zero-order valence-electron chi connectivity index (χ0n) is 18.4. The molecule has 2 aromatic rings. The van der Waals surface area contributed by atoms with E-state index in [-0.39, 0.29) is 0 Å². The number of hydrogen-bond donors (Lipinski definition) is 3. The molecule has 0 aliphatic carbocycles. The van der Waals surface area contributed by atoms with Crippen LogP contribution in [-0.2, 0) is 22.7 Å². The molecule has 1 saturated heterocycles. The summed E-state index contributed by atoms with van der Waals surface area (Å²) >= 11 is 0. The lowest BCUT2D eigenvalue weighted by molar-refractivity contribution is -0.159.